The molecule has 0 radical (unpaired) electrons. The number of quaternary nitrogens is 1. The zero-order chi connectivity index (χ0) is 35.7. The monoisotopic (exact) mass is 673 g/mol. The SMILES string of the molecule is CC/C=C/C=C/C=C/CCCCCCCCCC(=O)OCC(COCCC(C(=O)[O-])[N+](C)(C)C)OC(=O)CCCC/C=C/C/C=C/CC. The third-order valence-corrected chi connectivity index (χ3v) is 7.71. The van der Waals surface area contributed by atoms with Crippen molar-refractivity contribution in [2.75, 3.05) is 41.0 Å². The van der Waals surface area contributed by atoms with Crippen LogP contribution in [0.1, 0.15) is 123 Å². The van der Waals surface area contributed by atoms with Crippen LogP contribution in [0.5, 0.6) is 0 Å². The van der Waals surface area contributed by atoms with E-state index in [-0.39, 0.29) is 49.1 Å². The van der Waals surface area contributed by atoms with Crippen LogP contribution in [0.25, 0.3) is 0 Å². The zero-order valence-corrected chi connectivity index (χ0v) is 30.9. The number of ether oxygens (including phenoxy) is 3. The van der Waals surface area contributed by atoms with Gasteiger partial charge in [0, 0.05) is 19.3 Å². The van der Waals surface area contributed by atoms with E-state index in [1.807, 2.05) is 0 Å². The highest BCUT2D eigenvalue weighted by atomic mass is 16.6. The average Bonchev–Trinajstić information content (AvgIpc) is 3.03. The molecule has 0 saturated carbocycles. The number of carbonyl (C=O) groups excluding carboxylic acids is 3. The molecule has 8 heteroatoms. The standard InChI is InChI=1S/C40H67NO7/c1-6-8-10-12-14-16-17-18-19-20-21-23-24-26-28-30-38(42)47-35-36(34-46-33-32-37(40(44)45)41(3,4)5)48-39(43)31-29-27-25-22-15-13-11-9-7-2/h8-12,14-17,22,36-37H,6-7,13,18-21,23-35H2,1-5H3/b10-8+,11-9+,14-12+,17-16+,22-15+. The van der Waals surface area contributed by atoms with Gasteiger partial charge in [-0.1, -0.05) is 107 Å². The Labute approximate surface area is 292 Å². The largest absolute Gasteiger partial charge is 0.544 e. The Balaban J connectivity index is 4.45. The van der Waals surface area contributed by atoms with Crippen molar-refractivity contribution in [2.24, 2.45) is 0 Å². The second kappa shape index (κ2) is 31.3. The number of nitrogens with zero attached hydrogens (tertiary/aromatic N) is 1. The van der Waals surface area contributed by atoms with E-state index in [0.29, 0.717) is 12.8 Å². The molecule has 0 rings (SSSR count). The minimum atomic E-state index is -1.14. The van der Waals surface area contributed by atoms with Crippen molar-refractivity contribution in [1.82, 2.24) is 0 Å². The van der Waals surface area contributed by atoms with Crippen LogP contribution in [-0.4, -0.2) is 75.5 Å². The number of esters is 2. The van der Waals surface area contributed by atoms with E-state index in [2.05, 4.69) is 74.6 Å². The third-order valence-electron chi connectivity index (χ3n) is 7.71. The second-order valence-electron chi connectivity index (χ2n) is 13.1. The minimum absolute atomic E-state index is 0.0206. The summed E-state index contributed by atoms with van der Waals surface area (Å²) in [6, 6.07) is -0.733. The molecule has 0 N–H and O–H groups in total. The van der Waals surface area contributed by atoms with Crippen LogP contribution in [0.15, 0.2) is 60.8 Å². The maximum absolute atomic E-state index is 12.6. The molecule has 0 aromatic heterocycles. The van der Waals surface area contributed by atoms with Crippen molar-refractivity contribution >= 4 is 17.9 Å². The summed E-state index contributed by atoms with van der Waals surface area (Å²) >= 11 is 0. The highest BCUT2D eigenvalue weighted by molar-refractivity contribution is 5.70. The Kier molecular flexibility index (Phi) is 29.4. The summed E-state index contributed by atoms with van der Waals surface area (Å²) in [5.74, 6) is -1.81. The van der Waals surface area contributed by atoms with Crippen LogP contribution >= 0.6 is 0 Å². The molecule has 0 heterocycles. The van der Waals surface area contributed by atoms with Crippen molar-refractivity contribution in [3.05, 3.63) is 60.8 Å². The maximum Gasteiger partial charge on any atom is 0.306 e. The molecule has 0 amide bonds. The summed E-state index contributed by atoms with van der Waals surface area (Å²) in [7, 11) is 5.37. The smallest absolute Gasteiger partial charge is 0.306 e. The molecule has 0 spiro atoms. The molecule has 0 bridgehead atoms. The minimum Gasteiger partial charge on any atom is -0.544 e. The summed E-state index contributed by atoms with van der Waals surface area (Å²) in [5, 5.41) is 11.6. The molecule has 274 valence electrons. The lowest BCUT2D eigenvalue weighted by Crippen LogP contribution is -2.55. The number of unbranched alkanes of at least 4 members (excludes halogenated alkanes) is 9. The first-order valence-electron chi connectivity index (χ1n) is 18.3. The van der Waals surface area contributed by atoms with Gasteiger partial charge in [-0.25, -0.2) is 0 Å². The summed E-state index contributed by atoms with van der Waals surface area (Å²) < 4.78 is 17.0. The lowest BCUT2D eigenvalue weighted by molar-refractivity contribution is -0.889. The number of likely N-dealkylation sites (N-methyl/N-ethyl adjacent to an activating group) is 1. The highest BCUT2D eigenvalue weighted by Gasteiger charge is 2.25. The van der Waals surface area contributed by atoms with Gasteiger partial charge in [-0.05, 0) is 57.8 Å². The van der Waals surface area contributed by atoms with Crippen LogP contribution in [0.4, 0.5) is 0 Å². The van der Waals surface area contributed by atoms with Gasteiger partial charge in [-0.15, -0.1) is 0 Å². The van der Waals surface area contributed by atoms with Gasteiger partial charge in [0.25, 0.3) is 0 Å². The van der Waals surface area contributed by atoms with E-state index >= 15 is 0 Å². The Bertz CT molecular complexity index is 975. The number of rotatable bonds is 31. The van der Waals surface area contributed by atoms with Gasteiger partial charge >= 0.3 is 11.9 Å². The zero-order valence-electron chi connectivity index (χ0n) is 30.9. The Morgan fingerprint density at radius 2 is 1.21 bits per heavy atom. The van der Waals surface area contributed by atoms with Crippen LogP contribution in [0.2, 0.25) is 0 Å². The lowest BCUT2D eigenvalue weighted by Gasteiger charge is -2.34. The summed E-state index contributed by atoms with van der Waals surface area (Å²) in [6.45, 7) is 4.32. The van der Waals surface area contributed by atoms with Crippen LogP contribution < -0.4 is 5.11 Å². The molecule has 8 nitrogen and oxygen atoms in total. The molecule has 0 fully saturated rings. The van der Waals surface area contributed by atoms with Crippen LogP contribution in [-0.2, 0) is 28.6 Å². The fourth-order valence-corrected chi connectivity index (χ4v) is 4.87. The van der Waals surface area contributed by atoms with Crippen molar-refractivity contribution in [1.29, 1.82) is 0 Å². The molecule has 48 heavy (non-hydrogen) atoms. The first-order chi connectivity index (χ1) is 23.1. The molecule has 0 aromatic carbocycles. The average molecular weight is 674 g/mol. The van der Waals surface area contributed by atoms with Crippen molar-refractivity contribution in [3.63, 3.8) is 0 Å². The summed E-state index contributed by atoms with van der Waals surface area (Å²) in [4.78, 5) is 36.5. The number of carbonyl (C=O) groups is 3. The molecular formula is C40H67NO7. The van der Waals surface area contributed by atoms with Gasteiger partial charge < -0.3 is 28.6 Å². The van der Waals surface area contributed by atoms with Crippen LogP contribution in [0, 0.1) is 0 Å². The Morgan fingerprint density at radius 3 is 1.88 bits per heavy atom. The molecule has 2 unspecified atom stereocenters. The number of carboxylic acids is 1. The van der Waals surface area contributed by atoms with Gasteiger partial charge in [-0.3, -0.25) is 9.59 Å². The molecule has 0 saturated heterocycles. The van der Waals surface area contributed by atoms with E-state index in [1.54, 1.807) is 21.1 Å². The predicted octanol–water partition coefficient (Wildman–Crippen LogP) is 7.74. The quantitative estimate of drug-likeness (QED) is 0.0244. The number of hydrogen-bond acceptors (Lipinski definition) is 7. The van der Waals surface area contributed by atoms with E-state index < -0.39 is 18.1 Å². The van der Waals surface area contributed by atoms with Gasteiger partial charge in [-0.2, -0.15) is 0 Å². The van der Waals surface area contributed by atoms with E-state index in [4.69, 9.17) is 14.2 Å². The highest BCUT2D eigenvalue weighted by Crippen LogP contribution is 2.12. The summed E-state index contributed by atoms with van der Waals surface area (Å²) in [5.41, 5.74) is 0. The second-order valence-corrected chi connectivity index (χ2v) is 13.1. The van der Waals surface area contributed by atoms with Crippen LogP contribution in [0.3, 0.4) is 0 Å². The Morgan fingerprint density at radius 1 is 0.646 bits per heavy atom. The lowest BCUT2D eigenvalue weighted by atomic mass is 10.1. The first-order valence-corrected chi connectivity index (χ1v) is 18.3. The molecule has 0 aliphatic rings. The van der Waals surface area contributed by atoms with Gasteiger partial charge in [0.1, 0.15) is 12.6 Å². The molecule has 2 atom stereocenters. The molecule has 0 aliphatic carbocycles. The van der Waals surface area contributed by atoms with Gasteiger partial charge in [0.15, 0.2) is 6.10 Å². The van der Waals surface area contributed by atoms with E-state index in [9.17, 15) is 19.5 Å². The van der Waals surface area contributed by atoms with Crippen molar-refractivity contribution in [3.8, 4) is 0 Å². The van der Waals surface area contributed by atoms with E-state index in [0.717, 1.165) is 64.2 Å². The fourth-order valence-electron chi connectivity index (χ4n) is 4.87. The Hall–Kier alpha value is -2.97. The summed E-state index contributed by atoms with van der Waals surface area (Å²) in [6.07, 6.45) is 35.5. The number of allylic oxidation sites excluding steroid dienone is 10. The van der Waals surface area contributed by atoms with Crippen molar-refractivity contribution in [2.45, 2.75) is 135 Å². The van der Waals surface area contributed by atoms with Gasteiger partial charge in [0.2, 0.25) is 0 Å². The van der Waals surface area contributed by atoms with Gasteiger partial charge in [0.05, 0.1) is 40.3 Å². The molecular weight excluding hydrogens is 606 g/mol. The third kappa shape index (κ3) is 29.2. The molecule has 0 aromatic rings. The number of aliphatic carboxylic acids is 1. The first kappa shape index (κ1) is 45.0. The molecule has 0 aliphatic heterocycles. The predicted molar refractivity (Wildman–Crippen MR) is 194 cm³/mol. The maximum atomic E-state index is 12.6. The topological polar surface area (TPSA) is 102 Å². The number of hydrogen-bond donors (Lipinski definition) is 0. The van der Waals surface area contributed by atoms with E-state index in [1.165, 1.54) is 19.3 Å². The number of carboxylic acid groups (broad SMARTS) is 1. The van der Waals surface area contributed by atoms with Crippen molar-refractivity contribution < 1.29 is 38.2 Å². The fraction of sp³-hybridized carbons (Fsp3) is 0.675. The normalized spacial score (nSPS) is 13.8.